The van der Waals surface area contributed by atoms with Gasteiger partial charge in [0.25, 0.3) is 0 Å². The maximum atomic E-state index is 4.68. The minimum Gasteiger partial charge on any atom is -0.272 e. The van der Waals surface area contributed by atoms with E-state index in [0.717, 1.165) is 53.7 Å². The molecule has 3 unspecified atom stereocenters. The standard InChI is InChI=1S/C27H42N2/c1-5-20-6-8-22-21(16-20)7-9-24-23(22)12-14-27(4)25(10-11-26(24)27)18(2)17-29-15-13-19(3)28-29/h5,13,15,18,21-26H,6-12,14,16-17H2,1-4H3/b20-5+/t18?,21-,22+,23-,24?,25-,26+,27?/m1/s1. The molecular formula is C27H42N2. The number of aryl methyl sites for hydroxylation is 1. The molecule has 0 aliphatic heterocycles. The normalized spacial score (nSPS) is 44.2. The molecule has 2 heteroatoms. The van der Waals surface area contributed by atoms with Gasteiger partial charge in [0.2, 0.25) is 0 Å². The van der Waals surface area contributed by atoms with Crippen LogP contribution in [0.4, 0.5) is 0 Å². The summed E-state index contributed by atoms with van der Waals surface area (Å²) in [4.78, 5) is 0. The fraction of sp³-hybridized carbons (Fsp3) is 0.815. The van der Waals surface area contributed by atoms with E-state index in [2.05, 4.69) is 55.8 Å². The van der Waals surface area contributed by atoms with Crippen molar-refractivity contribution in [3.05, 3.63) is 29.6 Å². The maximum Gasteiger partial charge on any atom is 0.0593 e. The molecule has 0 N–H and O–H groups in total. The molecule has 0 aromatic carbocycles. The molecule has 0 spiro atoms. The van der Waals surface area contributed by atoms with Crippen LogP contribution < -0.4 is 0 Å². The fourth-order valence-corrected chi connectivity index (χ4v) is 8.95. The molecule has 0 bridgehead atoms. The topological polar surface area (TPSA) is 17.8 Å². The number of rotatable bonds is 3. The molecule has 160 valence electrons. The second-order valence-corrected chi connectivity index (χ2v) is 11.5. The molecule has 8 atom stereocenters. The summed E-state index contributed by atoms with van der Waals surface area (Å²) in [7, 11) is 0. The van der Waals surface area contributed by atoms with Crippen LogP contribution in [0.1, 0.15) is 84.3 Å². The highest BCUT2D eigenvalue weighted by molar-refractivity contribution is 5.11. The van der Waals surface area contributed by atoms with Crippen molar-refractivity contribution in [3.8, 4) is 0 Å². The molecule has 1 aromatic heterocycles. The van der Waals surface area contributed by atoms with E-state index < -0.39 is 0 Å². The average molecular weight is 395 g/mol. The first-order valence-corrected chi connectivity index (χ1v) is 12.6. The highest BCUT2D eigenvalue weighted by Crippen LogP contribution is 2.65. The summed E-state index contributed by atoms with van der Waals surface area (Å²) >= 11 is 0. The van der Waals surface area contributed by atoms with Crippen LogP contribution in [0.15, 0.2) is 23.9 Å². The van der Waals surface area contributed by atoms with E-state index in [0.29, 0.717) is 5.41 Å². The molecule has 5 rings (SSSR count). The highest BCUT2D eigenvalue weighted by Gasteiger charge is 2.57. The second-order valence-electron chi connectivity index (χ2n) is 11.5. The van der Waals surface area contributed by atoms with Gasteiger partial charge in [0, 0.05) is 12.7 Å². The summed E-state index contributed by atoms with van der Waals surface area (Å²) in [5, 5.41) is 4.68. The van der Waals surface area contributed by atoms with E-state index in [1.54, 1.807) is 5.57 Å². The first kappa shape index (κ1) is 19.9. The summed E-state index contributed by atoms with van der Waals surface area (Å²) in [5.74, 6) is 6.77. The van der Waals surface area contributed by atoms with Crippen molar-refractivity contribution in [2.75, 3.05) is 0 Å². The van der Waals surface area contributed by atoms with Crippen molar-refractivity contribution in [2.45, 2.75) is 92.0 Å². The van der Waals surface area contributed by atoms with Crippen molar-refractivity contribution in [3.63, 3.8) is 0 Å². The van der Waals surface area contributed by atoms with E-state index >= 15 is 0 Å². The van der Waals surface area contributed by atoms with Crippen LogP contribution in [0.3, 0.4) is 0 Å². The van der Waals surface area contributed by atoms with Gasteiger partial charge in [-0.3, -0.25) is 4.68 Å². The molecule has 4 aliphatic rings. The molecule has 0 amide bonds. The van der Waals surface area contributed by atoms with Crippen LogP contribution in [-0.2, 0) is 6.54 Å². The van der Waals surface area contributed by atoms with Gasteiger partial charge in [-0.1, -0.05) is 25.5 Å². The fourth-order valence-electron chi connectivity index (χ4n) is 8.95. The zero-order valence-corrected chi connectivity index (χ0v) is 19.2. The van der Waals surface area contributed by atoms with Crippen LogP contribution in [0.2, 0.25) is 0 Å². The first-order valence-electron chi connectivity index (χ1n) is 12.6. The zero-order chi connectivity index (χ0) is 20.2. The second kappa shape index (κ2) is 7.57. The lowest BCUT2D eigenvalue weighted by Crippen LogP contribution is -2.49. The Bertz CT molecular complexity index is 760. The largest absolute Gasteiger partial charge is 0.272 e. The lowest BCUT2D eigenvalue weighted by molar-refractivity contribution is -0.0654. The monoisotopic (exact) mass is 394 g/mol. The van der Waals surface area contributed by atoms with Crippen molar-refractivity contribution in [2.24, 2.45) is 46.8 Å². The van der Waals surface area contributed by atoms with Gasteiger partial charge in [0.15, 0.2) is 0 Å². The van der Waals surface area contributed by atoms with E-state index in [4.69, 9.17) is 0 Å². The predicted octanol–water partition coefficient (Wildman–Crippen LogP) is 7.04. The molecular weight excluding hydrogens is 352 g/mol. The summed E-state index contributed by atoms with van der Waals surface area (Å²) in [5.41, 5.74) is 3.49. The average Bonchev–Trinajstić information content (AvgIpc) is 3.29. The lowest BCUT2D eigenvalue weighted by atomic mass is 9.49. The van der Waals surface area contributed by atoms with Crippen molar-refractivity contribution in [1.82, 2.24) is 9.78 Å². The molecule has 2 nitrogen and oxygen atoms in total. The molecule has 1 heterocycles. The Morgan fingerprint density at radius 3 is 2.76 bits per heavy atom. The van der Waals surface area contributed by atoms with Crippen molar-refractivity contribution in [1.29, 1.82) is 0 Å². The Hall–Kier alpha value is -1.05. The third-order valence-corrected chi connectivity index (χ3v) is 10.3. The maximum absolute atomic E-state index is 4.68. The molecule has 4 fully saturated rings. The van der Waals surface area contributed by atoms with E-state index in [9.17, 15) is 0 Å². The van der Waals surface area contributed by atoms with Crippen LogP contribution >= 0.6 is 0 Å². The van der Waals surface area contributed by atoms with Crippen LogP contribution in [0.5, 0.6) is 0 Å². The number of hydrogen-bond donors (Lipinski definition) is 0. The number of allylic oxidation sites excluding steroid dienone is 2. The van der Waals surface area contributed by atoms with Gasteiger partial charge in [0.1, 0.15) is 0 Å². The summed E-state index contributed by atoms with van der Waals surface area (Å²) in [6, 6.07) is 2.15. The Morgan fingerprint density at radius 1 is 1.14 bits per heavy atom. The smallest absolute Gasteiger partial charge is 0.0593 e. The number of fused-ring (bicyclic) bond motifs is 5. The quantitative estimate of drug-likeness (QED) is 0.503. The van der Waals surface area contributed by atoms with Crippen LogP contribution in [0.25, 0.3) is 0 Å². The van der Waals surface area contributed by atoms with E-state index in [-0.39, 0.29) is 0 Å². The summed E-state index contributed by atoms with van der Waals surface area (Å²) in [6.07, 6.45) is 17.9. The van der Waals surface area contributed by atoms with Crippen molar-refractivity contribution >= 4 is 0 Å². The Labute approximate surface area is 178 Å². The van der Waals surface area contributed by atoms with Gasteiger partial charge in [-0.15, -0.1) is 0 Å². The van der Waals surface area contributed by atoms with Gasteiger partial charge in [-0.05, 0) is 125 Å². The van der Waals surface area contributed by atoms with E-state index in [1.807, 2.05) is 0 Å². The molecule has 0 saturated heterocycles. The van der Waals surface area contributed by atoms with E-state index in [1.165, 1.54) is 57.8 Å². The van der Waals surface area contributed by atoms with Crippen molar-refractivity contribution < 1.29 is 0 Å². The van der Waals surface area contributed by atoms with Crippen LogP contribution in [-0.4, -0.2) is 9.78 Å². The summed E-state index contributed by atoms with van der Waals surface area (Å²) in [6.45, 7) is 10.7. The van der Waals surface area contributed by atoms with Gasteiger partial charge >= 0.3 is 0 Å². The highest BCUT2D eigenvalue weighted by atomic mass is 15.3. The molecule has 4 aliphatic carbocycles. The first-order chi connectivity index (χ1) is 14.0. The Balaban J connectivity index is 1.30. The molecule has 0 radical (unpaired) electrons. The lowest BCUT2D eigenvalue weighted by Gasteiger charge is -2.56. The minimum absolute atomic E-state index is 0.582. The number of hydrogen-bond acceptors (Lipinski definition) is 1. The Morgan fingerprint density at radius 2 is 2.00 bits per heavy atom. The number of nitrogens with zero attached hydrogens (tertiary/aromatic N) is 2. The SMILES string of the molecule is C/C=C1\CC[C@H]2[C@H](CCC3[C@@H]2CCC2(C)[C@@H](C(C)Cn4ccc(C)n4)CC[C@@H]32)C1. The minimum atomic E-state index is 0.582. The third kappa shape index (κ3) is 3.33. The van der Waals surface area contributed by atoms with Gasteiger partial charge in [0.05, 0.1) is 5.69 Å². The van der Waals surface area contributed by atoms with Gasteiger partial charge in [-0.2, -0.15) is 5.10 Å². The molecule has 1 aromatic rings. The Kier molecular flexibility index (Phi) is 5.19. The van der Waals surface area contributed by atoms with Crippen LogP contribution in [0, 0.1) is 53.8 Å². The molecule has 29 heavy (non-hydrogen) atoms. The molecule has 4 saturated carbocycles. The summed E-state index contributed by atoms with van der Waals surface area (Å²) < 4.78 is 2.20. The predicted molar refractivity (Wildman–Crippen MR) is 120 cm³/mol. The van der Waals surface area contributed by atoms with Gasteiger partial charge in [-0.25, -0.2) is 0 Å². The third-order valence-electron chi connectivity index (χ3n) is 10.3. The zero-order valence-electron chi connectivity index (χ0n) is 19.2. The van der Waals surface area contributed by atoms with Gasteiger partial charge < -0.3 is 0 Å². The number of aromatic nitrogens is 2.